The number of phenolic OH excluding ortho intramolecular Hbond substituents is 1. The molecule has 4 nitrogen and oxygen atoms in total. The molecule has 0 unspecified atom stereocenters. The van der Waals surface area contributed by atoms with Gasteiger partial charge in [-0.2, -0.15) is 0 Å². The summed E-state index contributed by atoms with van der Waals surface area (Å²) in [6.07, 6.45) is 0.150. The lowest BCUT2D eigenvalue weighted by Gasteiger charge is -2.09. The molecule has 0 aliphatic heterocycles. The van der Waals surface area contributed by atoms with Gasteiger partial charge in [0.2, 0.25) is 5.91 Å². The van der Waals surface area contributed by atoms with Crippen molar-refractivity contribution in [3.8, 4) is 5.75 Å². The second-order valence-corrected chi connectivity index (χ2v) is 5.06. The summed E-state index contributed by atoms with van der Waals surface area (Å²) in [4.78, 5) is 11.9. The number of amides is 1. The maximum atomic E-state index is 11.9. The smallest absolute Gasteiger partial charge is 0.228 e. The monoisotopic (exact) mass is 310 g/mol. The molecule has 0 aliphatic rings. The molecule has 0 radical (unpaired) electrons. The van der Waals surface area contributed by atoms with E-state index in [1.54, 1.807) is 18.2 Å². The summed E-state index contributed by atoms with van der Waals surface area (Å²) in [6.45, 7) is 0. The van der Waals surface area contributed by atoms with Crippen LogP contribution in [0.15, 0.2) is 36.4 Å². The minimum Gasteiger partial charge on any atom is -0.508 e. The molecule has 4 N–H and O–H groups in total. The van der Waals surface area contributed by atoms with Crippen molar-refractivity contribution < 1.29 is 9.90 Å². The van der Waals surface area contributed by atoms with Crippen molar-refractivity contribution >= 4 is 40.5 Å². The Kier molecular flexibility index (Phi) is 4.37. The predicted molar refractivity (Wildman–Crippen MR) is 81.3 cm³/mol. The number of halogens is 2. The van der Waals surface area contributed by atoms with Crippen LogP contribution in [0.2, 0.25) is 10.0 Å². The Bertz CT molecular complexity index is 660. The molecule has 0 spiro atoms. The van der Waals surface area contributed by atoms with Gasteiger partial charge in [0.1, 0.15) is 5.75 Å². The summed E-state index contributed by atoms with van der Waals surface area (Å²) in [5.41, 5.74) is 7.19. The number of nitrogens with two attached hydrogens (primary N) is 1. The maximum absolute atomic E-state index is 11.9. The molecule has 0 bridgehead atoms. The molecule has 0 saturated carbocycles. The molecule has 0 aromatic heterocycles. The predicted octanol–water partition coefficient (Wildman–Crippen LogP) is 3.46. The molecule has 2 aromatic carbocycles. The Balaban J connectivity index is 2.07. The lowest BCUT2D eigenvalue weighted by molar-refractivity contribution is -0.115. The van der Waals surface area contributed by atoms with E-state index in [0.717, 1.165) is 5.56 Å². The summed E-state index contributed by atoms with van der Waals surface area (Å²) in [5, 5.41) is 12.8. The molecular weight excluding hydrogens is 299 g/mol. The van der Waals surface area contributed by atoms with Crippen LogP contribution in [-0.2, 0) is 11.2 Å². The van der Waals surface area contributed by atoms with Crippen LogP contribution in [0, 0.1) is 0 Å². The van der Waals surface area contributed by atoms with Gasteiger partial charge in [-0.1, -0.05) is 29.3 Å². The second kappa shape index (κ2) is 6.03. The van der Waals surface area contributed by atoms with Gasteiger partial charge in [-0.25, -0.2) is 0 Å². The number of nitrogens with one attached hydrogen (secondary N) is 1. The number of benzene rings is 2. The van der Waals surface area contributed by atoms with Crippen molar-refractivity contribution in [3.63, 3.8) is 0 Å². The lowest BCUT2D eigenvalue weighted by Crippen LogP contribution is -2.15. The zero-order valence-corrected chi connectivity index (χ0v) is 11.9. The maximum Gasteiger partial charge on any atom is 0.228 e. The number of rotatable bonds is 3. The highest BCUT2D eigenvalue weighted by molar-refractivity contribution is 6.42. The van der Waals surface area contributed by atoms with E-state index >= 15 is 0 Å². The summed E-state index contributed by atoms with van der Waals surface area (Å²) < 4.78 is 0. The molecule has 20 heavy (non-hydrogen) atoms. The first-order valence-corrected chi connectivity index (χ1v) is 6.53. The van der Waals surface area contributed by atoms with Crippen LogP contribution in [-0.4, -0.2) is 11.0 Å². The Hall–Kier alpha value is -1.91. The van der Waals surface area contributed by atoms with Crippen LogP contribution in [0.1, 0.15) is 5.56 Å². The van der Waals surface area contributed by atoms with Gasteiger partial charge in [-0.3, -0.25) is 4.79 Å². The van der Waals surface area contributed by atoms with Gasteiger partial charge in [0, 0.05) is 6.07 Å². The van der Waals surface area contributed by atoms with Crippen molar-refractivity contribution in [2.45, 2.75) is 6.42 Å². The van der Waals surface area contributed by atoms with Gasteiger partial charge >= 0.3 is 0 Å². The average molecular weight is 311 g/mol. The molecule has 6 heteroatoms. The van der Waals surface area contributed by atoms with Crippen LogP contribution in [0.4, 0.5) is 11.4 Å². The minimum absolute atomic E-state index is 0.0463. The van der Waals surface area contributed by atoms with Gasteiger partial charge in [-0.15, -0.1) is 0 Å². The van der Waals surface area contributed by atoms with Gasteiger partial charge in [0.25, 0.3) is 0 Å². The topological polar surface area (TPSA) is 75.3 Å². The number of nitrogen functional groups attached to an aromatic ring is 1. The quantitative estimate of drug-likeness (QED) is 0.600. The summed E-state index contributed by atoms with van der Waals surface area (Å²) in [6, 6.07) is 9.37. The van der Waals surface area contributed by atoms with E-state index in [4.69, 9.17) is 28.9 Å². The number of carbonyl (C=O) groups is 1. The van der Waals surface area contributed by atoms with Crippen LogP contribution < -0.4 is 11.1 Å². The van der Waals surface area contributed by atoms with Crippen LogP contribution in [0.3, 0.4) is 0 Å². The standard InChI is InChI=1S/C14H12Cl2N2O2/c15-10-3-1-8(5-11(10)16)6-14(20)18-13-4-2-9(19)7-12(13)17/h1-5,7,19H,6,17H2,(H,18,20). The zero-order valence-electron chi connectivity index (χ0n) is 10.4. The fraction of sp³-hybridized carbons (Fsp3) is 0.0714. The van der Waals surface area contributed by atoms with E-state index in [2.05, 4.69) is 5.32 Å². The molecule has 0 saturated heterocycles. The van der Waals surface area contributed by atoms with Crippen LogP contribution in [0.5, 0.6) is 5.75 Å². The molecule has 1 amide bonds. The van der Waals surface area contributed by atoms with Gasteiger partial charge in [-0.05, 0) is 29.8 Å². The fourth-order valence-corrected chi connectivity index (χ4v) is 2.01. The average Bonchev–Trinajstić information content (AvgIpc) is 2.37. The second-order valence-electron chi connectivity index (χ2n) is 4.24. The summed E-state index contributed by atoms with van der Waals surface area (Å²) in [5.74, 6) is -0.189. The van der Waals surface area contributed by atoms with Gasteiger partial charge < -0.3 is 16.2 Å². The van der Waals surface area contributed by atoms with Gasteiger partial charge in [0.05, 0.1) is 27.8 Å². The molecule has 2 aromatic rings. The number of hydrogen-bond donors (Lipinski definition) is 3. The first-order valence-electron chi connectivity index (χ1n) is 5.78. The number of anilines is 2. The van der Waals surface area contributed by atoms with E-state index in [0.29, 0.717) is 21.4 Å². The third-order valence-corrected chi connectivity index (χ3v) is 3.40. The molecule has 0 fully saturated rings. The molecule has 2 rings (SSSR count). The molecule has 0 aliphatic carbocycles. The summed E-state index contributed by atoms with van der Waals surface area (Å²) in [7, 11) is 0. The first kappa shape index (κ1) is 14.5. The van der Waals surface area contributed by atoms with E-state index < -0.39 is 0 Å². The van der Waals surface area contributed by atoms with E-state index in [9.17, 15) is 9.90 Å². The lowest BCUT2D eigenvalue weighted by atomic mass is 10.1. The van der Waals surface area contributed by atoms with E-state index in [1.807, 2.05) is 0 Å². The normalized spacial score (nSPS) is 10.3. The third kappa shape index (κ3) is 3.56. The number of aromatic hydroxyl groups is 1. The number of phenols is 1. The summed E-state index contributed by atoms with van der Waals surface area (Å²) >= 11 is 11.7. The highest BCUT2D eigenvalue weighted by Crippen LogP contribution is 2.25. The first-order chi connectivity index (χ1) is 9.45. The minimum atomic E-state index is -0.235. The highest BCUT2D eigenvalue weighted by atomic mass is 35.5. The number of carbonyl (C=O) groups excluding carboxylic acids is 1. The van der Waals surface area contributed by atoms with E-state index in [1.165, 1.54) is 18.2 Å². The van der Waals surface area contributed by atoms with Gasteiger partial charge in [0.15, 0.2) is 0 Å². The van der Waals surface area contributed by atoms with Crippen molar-refractivity contribution in [2.75, 3.05) is 11.1 Å². The third-order valence-electron chi connectivity index (χ3n) is 2.66. The molecule has 104 valence electrons. The van der Waals surface area contributed by atoms with Crippen molar-refractivity contribution in [3.05, 3.63) is 52.0 Å². The number of hydrogen-bond acceptors (Lipinski definition) is 3. The molecular formula is C14H12Cl2N2O2. The Morgan fingerprint density at radius 1 is 1.15 bits per heavy atom. The molecule has 0 atom stereocenters. The SMILES string of the molecule is Nc1cc(O)ccc1NC(=O)Cc1ccc(Cl)c(Cl)c1. The van der Waals surface area contributed by atoms with Crippen LogP contribution in [0.25, 0.3) is 0 Å². The Labute approximate surface area is 126 Å². The molecule has 0 heterocycles. The van der Waals surface area contributed by atoms with Crippen molar-refractivity contribution in [1.82, 2.24) is 0 Å². The highest BCUT2D eigenvalue weighted by Gasteiger charge is 2.08. The Morgan fingerprint density at radius 2 is 1.90 bits per heavy atom. The van der Waals surface area contributed by atoms with Crippen LogP contribution >= 0.6 is 23.2 Å². The Morgan fingerprint density at radius 3 is 2.55 bits per heavy atom. The van der Waals surface area contributed by atoms with Crippen molar-refractivity contribution in [1.29, 1.82) is 0 Å². The largest absolute Gasteiger partial charge is 0.508 e. The van der Waals surface area contributed by atoms with Crippen molar-refractivity contribution in [2.24, 2.45) is 0 Å². The van der Waals surface area contributed by atoms with E-state index in [-0.39, 0.29) is 18.1 Å². The zero-order chi connectivity index (χ0) is 14.7. The fourth-order valence-electron chi connectivity index (χ4n) is 1.69.